The second-order valence-corrected chi connectivity index (χ2v) is 3.75. The normalized spacial score (nSPS) is 18.8. The molecule has 66 valence electrons. The van der Waals surface area contributed by atoms with Crippen molar-refractivity contribution in [2.24, 2.45) is 10.2 Å². The average molecular weight is 172 g/mol. The SMILES string of the molecule is CC1(C)C=C(c2ccccc2)N=N1. The van der Waals surface area contributed by atoms with E-state index in [2.05, 4.69) is 16.3 Å². The molecule has 1 heterocycles. The van der Waals surface area contributed by atoms with Crippen LogP contribution in [0.5, 0.6) is 0 Å². The molecule has 0 N–H and O–H groups in total. The number of hydrogen-bond donors (Lipinski definition) is 0. The summed E-state index contributed by atoms with van der Waals surface area (Å²) in [6.07, 6.45) is 2.09. The molecule has 2 rings (SSSR count). The van der Waals surface area contributed by atoms with Crippen LogP contribution in [0, 0.1) is 0 Å². The van der Waals surface area contributed by atoms with Gasteiger partial charge in [0.25, 0.3) is 0 Å². The van der Waals surface area contributed by atoms with E-state index in [9.17, 15) is 0 Å². The van der Waals surface area contributed by atoms with Crippen molar-refractivity contribution in [2.75, 3.05) is 0 Å². The molecule has 0 aromatic heterocycles. The molecule has 2 heteroatoms. The third kappa shape index (κ3) is 1.66. The molecular weight excluding hydrogens is 160 g/mol. The van der Waals surface area contributed by atoms with E-state index in [0.29, 0.717) is 0 Å². The van der Waals surface area contributed by atoms with Gasteiger partial charge in [0.05, 0.1) is 11.2 Å². The highest BCUT2D eigenvalue weighted by molar-refractivity contribution is 5.66. The Kier molecular flexibility index (Phi) is 1.76. The minimum absolute atomic E-state index is 0.134. The second kappa shape index (κ2) is 2.80. The van der Waals surface area contributed by atoms with Crippen molar-refractivity contribution in [3.63, 3.8) is 0 Å². The van der Waals surface area contributed by atoms with Crippen molar-refractivity contribution in [1.29, 1.82) is 0 Å². The Balaban J connectivity index is 2.36. The van der Waals surface area contributed by atoms with Crippen molar-refractivity contribution in [2.45, 2.75) is 19.4 Å². The van der Waals surface area contributed by atoms with Crippen LogP contribution in [-0.2, 0) is 0 Å². The van der Waals surface area contributed by atoms with Crippen molar-refractivity contribution < 1.29 is 0 Å². The molecular formula is C11H12N2. The monoisotopic (exact) mass is 172 g/mol. The number of azo groups is 1. The van der Waals surface area contributed by atoms with Gasteiger partial charge >= 0.3 is 0 Å². The summed E-state index contributed by atoms with van der Waals surface area (Å²) in [6, 6.07) is 10.1. The van der Waals surface area contributed by atoms with E-state index in [4.69, 9.17) is 0 Å². The Hall–Kier alpha value is -1.44. The smallest absolute Gasteiger partial charge is 0.0968 e. The van der Waals surface area contributed by atoms with E-state index in [1.54, 1.807) is 0 Å². The lowest BCUT2D eigenvalue weighted by Crippen LogP contribution is -2.07. The molecule has 0 aliphatic carbocycles. The number of nitrogens with zero attached hydrogens (tertiary/aromatic N) is 2. The Morgan fingerprint density at radius 3 is 2.31 bits per heavy atom. The first-order valence-electron chi connectivity index (χ1n) is 4.39. The maximum absolute atomic E-state index is 4.16. The molecule has 0 spiro atoms. The zero-order valence-corrected chi connectivity index (χ0v) is 7.86. The van der Waals surface area contributed by atoms with Crippen LogP contribution in [0.2, 0.25) is 0 Å². The summed E-state index contributed by atoms with van der Waals surface area (Å²) in [5.41, 5.74) is 1.98. The van der Waals surface area contributed by atoms with Crippen LogP contribution in [0.15, 0.2) is 46.6 Å². The fraction of sp³-hybridized carbons (Fsp3) is 0.273. The first-order chi connectivity index (χ1) is 6.17. The Bertz CT molecular complexity index is 361. The molecule has 1 aliphatic rings. The quantitative estimate of drug-likeness (QED) is 0.621. The van der Waals surface area contributed by atoms with Crippen LogP contribution < -0.4 is 0 Å². The lowest BCUT2D eigenvalue weighted by molar-refractivity contribution is 0.644. The molecule has 2 nitrogen and oxygen atoms in total. The van der Waals surface area contributed by atoms with Crippen LogP contribution in [0.25, 0.3) is 5.70 Å². The molecule has 0 atom stereocenters. The van der Waals surface area contributed by atoms with Gasteiger partial charge in [0.2, 0.25) is 0 Å². The topological polar surface area (TPSA) is 24.7 Å². The number of rotatable bonds is 1. The molecule has 0 unspecified atom stereocenters. The maximum atomic E-state index is 4.16. The molecule has 13 heavy (non-hydrogen) atoms. The summed E-state index contributed by atoms with van der Waals surface area (Å²) in [4.78, 5) is 0. The van der Waals surface area contributed by atoms with Crippen molar-refractivity contribution in [1.82, 2.24) is 0 Å². The van der Waals surface area contributed by atoms with Gasteiger partial charge in [-0.15, -0.1) is 0 Å². The fourth-order valence-electron chi connectivity index (χ4n) is 1.33. The van der Waals surface area contributed by atoms with Gasteiger partial charge < -0.3 is 0 Å². The number of hydrogen-bond acceptors (Lipinski definition) is 2. The maximum Gasteiger partial charge on any atom is 0.0968 e. The van der Waals surface area contributed by atoms with Crippen LogP contribution >= 0.6 is 0 Å². The highest BCUT2D eigenvalue weighted by Gasteiger charge is 2.20. The summed E-state index contributed by atoms with van der Waals surface area (Å²) in [6.45, 7) is 4.10. The van der Waals surface area contributed by atoms with E-state index < -0.39 is 0 Å². The Morgan fingerprint density at radius 2 is 1.77 bits per heavy atom. The first kappa shape index (κ1) is 8.17. The standard InChI is InChI=1S/C11H12N2/c1-11(2)8-10(12-13-11)9-6-4-3-5-7-9/h3-8H,1-2H3. The highest BCUT2D eigenvalue weighted by Crippen LogP contribution is 2.28. The van der Waals surface area contributed by atoms with Crippen molar-refractivity contribution in [3.05, 3.63) is 42.0 Å². The molecule has 1 aromatic carbocycles. The van der Waals surface area contributed by atoms with Crippen LogP contribution in [0.1, 0.15) is 19.4 Å². The number of benzene rings is 1. The molecule has 0 saturated heterocycles. The zero-order valence-electron chi connectivity index (χ0n) is 7.86. The summed E-state index contributed by atoms with van der Waals surface area (Å²) in [5.74, 6) is 0. The van der Waals surface area contributed by atoms with Crippen LogP contribution in [0.4, 0.5) is 0 Å². The summed E-state index contributed by atoms with van der Waals surface area (Å²) < 4.78 is 0. The minimum atomic E-state index is -0.134. The minimum Gasteiger partial charge on any atom is -0.178 e. The third-order valence-corrected chi connectivity index (χ3v) is 1.97. The largest absolute Gasteiger partial charge is 0.178 e. The van der Waals surface area contributed by atoms with Crippen LogP contribution in [0.3, 0.4) is 0 Å². The van der Waals surface area contributed by atoms with Crippen LogP contribution in [-0.4, -0.2) is 5.54 Å². The van der Waals surface area contributed by atoms with E-state index in [-0.39, 0.29) is 5.54 Å². The molecule has 0 amide bonds. The molecule has 0 saturated carbocycles. The zero-order chi connectivity index (χ0) is 9.31. The van der Waals surface area contributed by atoms with Gasteiger partial charge in [0.15, 0.2) is 0 Å². The Labute approximate surface area is 78.0 Å². The third-order valence-electron chi connectivity index (χ3n) is 1.97. The van der Waals surface area contributed by atoms with Gasteiger partial charge in [0, 0.05) is 5.56 Å². The first-order valence-corrected chi connectivity index (χ1v) is 4.39. The molecule has 0 bridgehead atoms. The Morgan fingerprint density at radius 1 is 1.08 bits per heavy atom. The van der Waals surface area contributed by atoms with Gasteiger partial charge in [-0.3, -0.25) is 0 Å². The molecule has 1 aliphatic heterocycles. The summed E-state index contributed by atoms with van der Waals surface area (Å²) >= 11 is 0. The fourth-order valence-corrected chi connectivity index (χ4v) is 1.33. The van der Waals surface area contributed by atoms with E-state index in [0.717, 1.165) is 11.3 Å². The molecule has 0 radical (unpaired) electrons. The second-order valence-electron chi connectivity index (χ2n) is 3.75. The average Bonchev–Trinajstić information content (AvgIpc) is 2.48. The van der Waals surface area contributed by atoms with Gasteiger partial charge in [-0.2, -0.15) is 10.2 Å². The van der Waals surface area contributed by atoms with Gasteiger partial charge in [-0.05, 0) is 19.9 Å². The van der Waals surface area contributed by atoms with Gasteiger partial charge in [0.1, 0.15) is 0 Å². The lowest BCUT2D eigenvalue weighted by Gasteiger charge is -2.05. The molecule has 0 fully saturated rings. The molecule has 1 aromatic rings. The summed E-state index contributed by atoms with van der Waals surface area (Å²) in [5, 5.41) is 8.30. The van der Waals surface area contributed by atoms with Gasteiger partial charge in [-0.25, -0.2) is 0 Å². The van der Waals surface area contributed by atoms with Crippen molar-refractivity contribution in [3.8, 4) is 0 Å². The lowest BCUT2D eigenvalue weighted by atomic mass is 10.0. The van der Waals surface area contributed by atoms with Crippen molar-refractivity contribution >= 4 is 5.70 Å². The predicted molar refractivity (Wildman–Crippen MR) is 53.4 cm³/mol. The summed E-state index contributed by atoms with van der Waals surface area (Å²) in [7, 11) is 0. The van der Waals surface area contributed by atoms with E-state index in [1.807, 2.05) is 44.2 Å². The highest BCUT2D eigenvalue weighted by atomic mass is 15.2. The van der Waals surface area contributed by atoms with E-state index >= 15 is 0 Å². The van der Waals surface area contributed by atoms with Gasteiger partial charge in [-0.1, -0.05) is 30.3 Å². The van der Waals surface area contributed by atoms with E-state index in [1.165, 1.54) is 0 Å². The predicted octanol–water partition coefficient (Wildman–Crippen LogP) is 3.27.